The zero-order chi connectivity index (χ0) is 14.5. The van der Waals surface area contributed by atoms with Crippen LogP contribution in [0.2, 0.25) is 0 Å². The number of carbonyl (C=O) groups is 1. The fraction of sp³-hybridized carbons (Fsp3) is 0.462. The Labute approximate surface area is 116 Å². The van der Waals surface area contributed by atoms with Crippen LogP contribution in [0, 0.1) is 6.92 Å². The van der Waals surface area contributed by atoms with Gasteiger partial charge in [0, 0.05) is 26.4 Å². The quantitative estimate of drug-likeness (QED) is 0.843. The number of nitrogens with one attached hydrogen (secondary N) is 1. The Morgan fingerprint density at radius 3 is 2.95 bits per heavy atom. The zero-order valence-electron chi connectivity index (χ0n) is 11.8. The first-order valence-electron chi connectivity index (χ1n) is 6.28. The maximum absolute atomic E-state index is 12.0. The van der Waals surface area contributed by atoms with Gasteiger partial charge in [-0.2, -0.15) is 5.10 Å². The third-order valence-electron chi connectivity index (χ3n) is 2.90. The molecule has 0 spiro atoms. The van der Waals surface area contributed by atoms with E-state index >= 15 is 0 Å². The first kappa shape index (κ1) is 14.3. The summed E-state index contributed by atoms with van der Waals surface area (Å²) in [6, 6.07) is 3.35. The lowest BCUT2D eigenvalue weighted by molar-refractivity contribution is -0.121. The van der Waals surface area contributed by atoms with Crippen molar-refractivity contribution in [3.8, 4) is 0 Å². The van der Waals surface area contributed by atoms with Gasteiger partial charge in [-0.05, 0) is 13.0 Å². The lowest BCUT2D eigenvalue weighted by Gasteiger charge is -2.17. The number of aromatic nitrogens is 3. The van der Waals surface area contributed by atoms with E-state index in [0.717, 1.165) is 11.4 Å². The Kier molecular flexibility index (Phi) is 4.52. The van der Waals surface area contributed by atoms with Gasteiger partial charge in [0.2, 0.25) is 5.91 Å². The van der Waals surface area contributed by atoms with E-state index < -0.39 is 0 Å². The number of hydrogen-bond donors (Lipinski definition) is 1. The standard InChI is InChI=1S/C13H18N4O3/c1-9-6-10(20-16-9)7-13(18)15-11(8-19-3)12-4-5-14-17(12)2/h4-6,11H,7-8H2,1-3H3,(H,15,18). The molecule has 108 valence electrons. The molecule has 1 N–H and O–H groups in total. The third-order valence-corrected chi connectivity index (χ3v) is 2.90. The van der Waals surface area contributed by atoms with E-state index in [4.69, 9.17) is 9.26 Å². The fourth-order valence-electron chi connectivity index (χ4n) is 2.00. The Morgan fingerprint density at radius 2 is 2.40 bits per heavy atom. The molecule has 0 saturated heterocycles. The second-order valence-electron chi connectivity index (χ2n) is 4.57. The smallest absolute Gasteiger partial charge is 0.228 e. The Balaban J connectivity index is 2.01. The Hall–Kier alpha value is -2.15. The summed E-state index contributed by atoms with van der Waals surface area (Å²) in [5.41, 5.74) is 1.64. The largest absolute Gasteiger partial charge is 0.382 e. The molecule has 2 heterocycles. The minimum absolute atomic E-state index is 0.149. The van der Waals surface area contributed by atoms with Crippen molar-refractivity contribution < 1.29 is 14.1 Å². The van der Waals surface area contributed by atoms with Gasteiger partial charge in [0.05, 0.1) is 30.5 Å². The summed E-state index contributed by atoms with van der Waals surface area (Å²) >= 11 is 0. The molecular weight excluding hydrogens is 260 g/mol. The summed E-state index contributed by atoms with van der Waals surface area (Å²) < 4.78 is 11.9. The summed E-state index contributed by atoms with van der Waals surface area (Å²) in [6.45, 7) is 2.19. The molecule has 20 heavy (non-hydrogen) atoms. The highest BCUT2D eigenvalue weighted by Crippen LogP contribution is 2.12. The molecule has 2 aromatic rings. The van der Waals surface area contributed by atoms with Crippen LogP contribution in [-0.2, 0) is 23.0 Å². The molecule has 0 aliphatic heterocycles. The van der Waals surface area contributed by atoms with Crippen LogP contribution in [-0.4, -0.2) is 34.6 Å². The van der Waals surface area contributed by atoms with Crippen molar-refractivity contribution in [3.63, 3.8) is 0 Å². The van der Waals surface area contributed by atoms with Crippen LogP contribution in [0.4, 0.5) is 0 Å². The number of hydrogen-bond acceptors (Lipinski definition) is 5. The van der Waals surface area contributed by atoms with Gasteiger partial charge in [-0.25, -0.2) is 0 Å². The van der Waals surface area contributed by atoms with Gasteiger partial charge in [0.15, 0.2) is 0 Å². The molecule has 0 saturated carbocycles. The second kappa shape index (κ2) is 6.33. The molecule has 1 amide bonds. The molecule has 0 aliphatic rings. The average Bonchev–Trinajstić information content (AvgIpc) is 2.98. The lowest BCUT2D eigenvalue weighted by Crippen LogP contribution is -2.33. The summed E-state index contributed by atoms with van der Waals surface area (Å²) in [5.74, 6) is 0.394. The molecule has 0 aromatic carbocycles. The van der Waals surface area contributed by atoms with E-state index in [1.807, 2.05) is 20.0 Å². The monoisotopic (exact) mass is 278 g/mol. The minimum Gasteiger partial charge on any atom is -0.382 e. The third kappa shape index (κ3) is 3.45. The molecule has 0 fully saturated rings. The van der Waals surface area contributed by atoms with Crippen LogP contribution in [0.15, 0.2) is 22.9 Å². The van der Waals surface area contributed by atoms with Crippen molar-refractivity contribution in [2.45, 2.75) is 19.4 Å². The van der Waals surface area contributed by atoms with Gasteiger partial charge in [-0.1, -0.05) is 5.16 Å². The number of aryl methyl sites for hydroxylation is 2. The molecule has 7 heteroatoms. The first-order valence-corrected chi connectivity index (χ1v) is 6.28. The van der Waals surface area contributed by atoms with Crippen molar-refractivity contribution in [2.75, 3.05) is 13.7 Å². The van der Waals surface area contributed by atoms with Crippen LogP contribution < -0.4 is 5.32 Å². The Morgan fingerprint density at radius 1 is 1.60 bits per heavy atom. The highest BCUT2D eigenvalue weighted by molar-refractivity contribution is 5.78. The maximum atomic E-state index is 12.0. The Bertz CT molecular complexity index is 576. The maximum Gasteiger partial charge on any atom is 0.228 e. The summed E-state index contributed by atoms with van der Waals surface area (Å²) in [7, 11) is 3.42. The van der Waals surface area contributed by atoms with Crippen LogP contribution in [0.25, 0.3) is 0 Å². The highest BCUT2D eigenvalue weighted by atomic mass is 16.5. The highest BCUT2D eigenvalue weighted by Gasteiger charge is 2.18. The van der Waals surface area contributed by atoms with Crippen molar-refractivity contribution in [3.05, 3.63) is 35.5 Å². The van der Waals surface area contributed by atoms with Gasteiger partial charge in [-0.15, -0.1) is 0 Å². The van der Waals surface area contributed by atoms with Gasteiger partial charge < -0.3 is 14.6 Å². The van der Waals surface area contributed by atoms with Crippen molar-refractivity contribution >= 4 is 5.91 Å². The normalized spacial score (nSPS) is 12.3. The number of amides is 1. The number of carbonyl (C=O) groups excluding carboxylic acids is 1. The molecule has 0 aliphatic carbocycles. The van der Waals surface area contributed by atoms with Crippen LogP contribution in [0.5, 0.6) is 0 Å². The lowest BCUT2D eigenvalue weighted by atomic mass is 10.2. The van der Waals surface area contributed by atoms with Crippen LogP contribution in [0.1, 0.15) is 23.2 Å². The predicted molar refractivity (Wildman–Crippen MR) is 70.9 cm³/mol. The summed E-state index contributed by atoms with van der Waals surface area (Å²) in [6.07, 6.45) is 1.84. The average molecular weight is 278 g/mol. The van der Waals surface area contributed by atoms with E-state index in [2.05, 4.69) is 15.6 Å². The van der Waals surface area contributed by atoms with Crippen LogP contribution >= 0.6 is 0 Å². The predicted octanol–water partition coefficient (Wildman–Crippen LogP) is 0.763. The molecule has 2 rings (SSSR count). The van der Waals surface area contributed by atoms with Crippen molar-refractivity contribution in [1.29, 1.82) is 0 Å². The first-order chi connectivity index (χ1) is 9.60. The molecule has 0 radical (unpaired) electrons. The molecule has 1 atom stereocenters. The van der Waals surface area contributed by atoms with E-state index in [0.29, 0.717) is 12.4 Å². The molecule has 0 bridgehead atoms. The topological polar surface area (TPSA) is 82.2 Å². The fourth-order valence-corrected chi connectivity index (χ4v) is 2.00. The molecule has 7 nitrogen and oxygen atoms in total. The summed E-state index contributed by atoms with van der Waals surface area (Å²) in [4.78, 5) is 12.0. The van der Waals surface area contributed by atoms with Gasteiger partial charge in [0.25, 0.3) is 0 Å². The van der Waals surface area contributed by atoms with Crippen LogP contribution in [0.3, 0.4) is 0 Å². The van der Waals surface area contributed by atoms with E-state index in [1.165, 1.54) is 0 Å². The van der Waals surface area contributed by atoms with Gasteiger partial charge >= 0.3 is 0 Å². The van der Waals surface area contributed by atoms with Crippen molar-refractivity contribution in [2.24, 2.45) is 7.05 Å². The molecular formula is C13H18N4O3. The van der Waals surface area contributed by atoms with Crippen molar-refractivity contribution in [1.82, 2.24) is 20.3 Å². The number of nitrogens with zero attached hydrogens (tertiary/aromatic N) is 3. The SMILES string of the molecule is COCC(NC(=O)Cc1cc(C)no1)c1ccnn1C. The second-order valence-corrected chi connectivity index (χ2v) is 4.57. The number of rotatable bonds is 6. The van der Waals surface area contributed by atoms with E-state index in [-0.39, 0.29) is 18.4 Å². The van der Waals surface area contributed by atoms with Gasteiger partial charge in [-0.3, -0.25) is 9.48 Å². The zero-order valence-corrected chi connectivity index (χ0v) is 11.8. The number of methoxy groups -OCH3 is 1. The molecule has 1 unspecified atom stereocenters. The molecule has 2 aromatic heterocycles. The summed E-state index contributed by atoms with van der Waals surface area (Å²) in [5, 5.41) is 10.8. The minimum atomic E-state index is -0.246. The van der Waals surface area contributed by atoms with E-state index in [1.54, 1.807) is 24.1 Å². The number of ether oxygens (including phenoxy) is 1. The van der Waals surface area contributed by atoms with E-state index in [9.17, 15) is 4.79 Å². The van der Waals surface area contributed by atoms with Gasteiger partial charge in [0.1, 0.15) is 5.76 Å².